The quantitative estimate of drug-likeness (QED) is 0.797. The minimum atomic E-state index is -4.07. The van der Waals surface area contributed by atoms with Gasteiger partial charge in [-0.3, -0.25) is 0 Å². The Hall–Kier alpha value is -2.42. The number of hydrogen-bond donors (Lipinski definition) is 2. The zero-order valence-corrected chi connectivity index (χ0v) is 15.5. The van der Waals surface area contributed by atoms with Crippen LogP contribution in [0.15, 0.2) is 53.4 Å². The number of methoxy groups -OCH3 is 1. The molecule has 8 heteroatoms. The van der Waals surface area contributed by atoms with Crippen molar-refractivity contribution in [2.45, 2.75) is 22.2 Å². The van der Waals surface area contributed by atoms with Crippen molar-refractivity contribution in [3.63, 3.8) is 0 Å². The van der Waals surface area contributed by atoms with Gasteiger partial charge in [0.2, 0.25) is 5.60 Å². The summed E-state index contributed by atoms with van der Waals surface area (Å²) in [5, 5.41) is 18.2. The van der Waals surface area contributed by atoms with E-state index < -0.39 is 33.3 Å². The highest BCUT2D eigenvalue weighted by Gasteiger charge is 2.53. The highest BCUT2D eigenvalue weighted by Crippen LogP contribution is 2.34. The number of aliphatic hydroxyl groups is 1. The number of para-hydroxylation sites is 1. The first kappa shape index (κ1) is 19.3. The third-order valence-electron chi connectivity index (χ3n) is 4.72. The molecule has 1 fully saturated rings. The SMILES string of the molecule is COc1ccccc1-c1ccc(S(=O)(=O)C2CCOCC2(O)C(=O)O)cc1. The van der Waals surface area contributed by atoms with Gasteiger partial charge in [0, 0.05) is 12.2 Å². The van der Waals surface area contributed by atoms with Crippen molar-refractivity contribution in [1.29, 1.82) is 0 Å². The van der Waals surface area contributed by atoms with Gasteiger partial charge in [0.25, 0.3) is 0 Å². The number of rotatable bonds is 5. The number of carboxylic acid groups (broad SMARTS) is 1. The molecule has 1 saturated heterocycles. The van der Waals surface area contributed by atoms with Crippen LogP contribution in [0.2, 0.25) is 0 Å². The molecule has 1 aliphatic rings. The van der Waals surface area contributed by atoms with Crippen LogP contribution in [-0.2, 0) is 19.4 Å². The van der Waals surface area contributed by atoms with E-state index in [0.717, 1.165) is 11.1 Å². The van der Waals surface area contributed by atoms with E-state index in [2.05, 4.69) is 0 Å². The van der Waals surface area contributed by atoms with Gasteiger partial charge in [-0.25, -0.2) is 13.2 Å². The first-order valence-electron chi connectivity index (χ1n) is 8.31. The lowest BCUT2D eigenvalue weighted by molar-refractivity contribution is -0.171. The average Bonchev–Trinajstić information content (AvgIpc) is 2.68. The molecule has 0 aliphatic carbocycles. The fourth-order valence-electron chi connectivity index (χ4n) is 3.23. The zero-order valence-electron chi connectivity index (χ0n) is 14.7. The molecule has 0 spiro atoms. The molecule has 0 radical (unpaired) electrons. The van der Waals surface area contributed by atoms with Crippen LogP contribution >= 0.6 is 0 Å². The number of sulfone groups is 1. The van der Waals surface area contributed by atoms with Crippen molar-refractivity contribution in [2.24, 2.45) is 0 Å². The summed E-state index contributed by atoms with van der Waals surface area (Å²) >= 11 is 0. The Morgan fingerprint density at radius 2 is 1.85 bits per heavy atom. The standard InChI is InChI=1S/C19H20O7S/c1-25-16-5-3-2-4-15(16)13-6-8-14(9-7-13)27(23,24)17-10-11-26-12-19(17,22)18(20)21/h2-9,17,22H,10-12H2,1H3,(H,20,21). The van der Waals surface area contributed by atoms with Gasteiger partial charge in [-0.1, -0.05) is 30.3 Å². The van der Waals surface area contributed by atoms with Crippen LogP contribution in [0.25, 0.3) is 11.1 Å². The Kier molecular flexibility index (Phi) is 5.23. The fraction of sp³-hybridized carbons (Fsp3) is 0.316. The van der Waals surface area contributed by atoms with E-state index in [9.17, 15) is 23.4 Å². The molecule has 2 aromatic rings. The van der Waals surface area contributed by atoms with Gasteiger partial charge in [0.1, 0.15) is 11.0 Å². The molecule has 7 nitrogen and oxygen atoms in total. The molecule has 3 rings (SSSR count). The van der Waals surface area contributed by atoms with E-state index in [1.54, 1.807) is 25.3 Å². The number of benzene rings is 2. The molecule has 1 heterocycles. The lowest BCUT2D eigenvalue weighted by Gasteiger charge is -2.35. The van der Waals surface area contributed by atoms with Gasteiger partial charge >= 0.3 is 5.97 Å². The molecular formula is C19H20O7S. The average molecular weight is 392 g/mol. The minimum absolute atomic E-state index is 0.0484. The molecule has 27 heavy (non-hydrogen) atoms. The molecule has 0 bridgehead atoms. The van der Waals surface area contributed by atoms with Gasteiger partial charge in [-0.15, -0.1) is 0 Å². The van der Waals surface area contributed by atoms with Crippen LogP contribution < -0.4 is 4.74 Å². The van der Waals surface area contributed by atoms with E-state index in [4.69, 9.17) is 9.47 Å². The second-order valence-electron chi connectivity index (χ2n) is 6.33. The molecule has 2 atom stereocenters. The van der Waals surface area contributed by atoms with Crippen molar-refractivity contribution in [2.75, 3.05) is 20.3 Å². The molecule has 1 aliphatic heterocycles. The van der Waals surface area contributed by atoms with Crippen LogP contribution in [0.1, 0.15) is 6.42 Å². The maximum atomic E-state index is 13.0. The minimum Gasteiger partial charge on any atom is -0.496 e. The summed E-state index contributed by atoms with van der Waals surface area (Å²) in [6.07, 6.45) is -0.0978. The highest BCUT2D eigenvalue weighted by molar-refractivity contribution is 7.92. The molecule has 2 N–H and O–H groups in total. The predicted molar refractivity (Wildman–Crippen MR) is 97.4 cm³/mol. The third-order valence-corrected chi connectivity index (χ3v) is 7.03. The molecule has 0 amide bonds. The monoisotopic (exact) mass is 392 g/mol. The summed E-state index contributed by atoms with van der Waals surface area (Å²) in [7, 11) is -2.52. The highest BCUT2D eigenvalue weighted by atomic mass is 32.2. The molecule has 2 aromatic carbocycles. The molecular weight excluding hydrogens is 372 g/mol. The maximum Gasteiger partial charge on any atom is 0.339 e. The lowest BCUT2D eigenvalue weighted by atomic mass is 9.96. The fourth-order valence-corrected chi connectivity index (χ4v) is 5.17. The smallest absolute Gasteiger partial charge is 0.339 e. The largest absolute Gasteiger partial charge is 0.496 e. The van der Waals surface area contributed by atoms with E-state index in [1.165, 1.54) is 12.1 Å². The summed E-state index contributed by atoms with van der Waals surface area (Å²) in [5.74, 6) is -0.959. The summed E-state index contributed by atoms with van der Waals surface area (Å²) in [5.41, 5.74) is -0.915. The summed E-state index contributed by atoms with van der Waals surface area (Å²) in [4.78, 5) is 11.4. The first-order valence-corrected chi connectivity index (χ1v) is 9.86. The second-order valence-corrected chi connectivity index (χ2v) is 8.46. The normalized spacial score (nSPS) is 23.0. The molecule has 2 unspecified atom stereocenters. The number of carboxylic acids is 1. The second kappa shape index (κ2) is 7.30. The summed E-state index contributed by atoms with van der Waals surface area (Å²) < 4.78 is 36.3. The van der Waals surface area contributed by atoms with Crippen molar-refractivity contribution >= 4 is 15.8 Å². The van der Waals surface area contributed by atoms with Crippen molar-refractivity contribution in [3.8, 4) is 16.9 Å². The van der Waals surface area contributed by atoms with Crippen LogP contribution in [0.4, 0.5) is 0 Å². The van der Waals surface area contributed by atoms with Crippen molar-refractivity contribution in [3.05, 3.63) is 48.5 Å². The Bertz CT molecular complexity index is 937. The van der Waals surface area contributed by atoms with Crippen molar-refractivity contribution in [1.82, 2.24) is 0 Å². The van der Waals surface area contributed by atoms with E-state index >= 15 is 0 Å². The third kappa shape index (κ3) is 3.43. The van der Waals surface area contributed by atoms with Gasteiger partial charge in [-0.05, 0) is 30.2 Å². The lowest BCUT2D eigenvalue weighted by Crippen LogP contribution is -2.59. The summed E-state index contributed by atoms with van der Waals surface area (Å²) in [6, 6.07) is 13.4. The molecule has 0 saturated carbocycles. The number of hydrogen-bond acceptors (Lipinski definition) is 6. The summed E-state index contributed by atoms with van der Waals surface area (Å²) in [6.45, 7) is -0.496. The molecule has 0 aromatic heterocycles. The van der Waals surface area contributed by atoms with Crippen LogP contribution in [-0.4, -0.2) is 55.8 Å². The topological polar surface area (TPSA) is 110 Å². The number of carbonyl (C=O) groups is 1. The van der Waals surface area contributed by atoms with Crippen LogP contribution in [0, 0.1) is 0 Å². The first-order chi connectivity index (χ1) is 12.8. The van der Waals surface area contributed by atoms with Gasteiger partial charge in [0.05, 0.1) is 18.6 Å². The van der Waals surface area contributed by atoms with E-state index in [1.807, 2.05) is 18.2 Å². The molecule has 144 valence electrons. The van der Waals surface area contributed by atoms with E-state index in [0.29, 0.717) is 5.75 Å². The number of ether oxygens (including phenoxy) is 2. The van der Waals surface area contributed by atoms with Gasteiger partial charge in [-0.2, -0.15) is 0 Å². The Morgan fingerprint density at radius 1 is 1.19 bits per heavy atom. The van der Waals surface area contributed by atoms with Crippen LogP contribution in [0.5, 0.6) is 5.75 Å². The van der Waals surface area contributed by atoms with Gasteiger partial charge < -0.3 is 19.7 Å². The van der Waals surface area contributed by atoms with Gasteiger partial charge in [0.15, 0.2) is 9.84 Å². The van der Waals surface area contributed by atoms with E-state index in [-0.39, 0.29) is 17.9 Å². The maximum absolute atomic E-state index is 13.0. The Labute approximate surface area is 157 Å². The number of aliphatic carboxylic acids is 1. The zero-order chi connectivity index (χ0) is 19.7. The Balaban J connectivity index is 1.97. The predicted octanol–water partition coefficient (Wildman–Crippen LogP) is 1.74. The Morgan fingerprint density at radius 3 is 2.48 bits per heavy atom. The van der Waals surface area contributed by atoms with Crippen LogP contribution in [0.3, 0.4) is 0 Å². The van der Waals surface area contributed by atoms with Crippen molar-refractivity contribution < 1.29 is 32.9 Å².